The summed E-state index contributed by atoms with van der Waals surface area (Å²) in [4.78, 5) is 97.9. The molecule has 9 aromatic rings. The summed E-state index contributed by atoms with van der Waals surface area (Å²) < 4.78 is 153. The summed E-state index contributed by atoms with van der Waals surface area (Å²) in [5.74, 6) is -9.37. The summed E-state index contributed by atoms with van der Waals surface area (Å²) >= 11 is 0. The largest absolute Gasteiger partial charge is 0.478 e. The number of carbonyl (C=O) groups is 8. The van der Waals surface area contributed by atoms with Crippen LogP contribution in [-0.2, 0) is 57.6 Å². The van der Waals surface area contributed by atoms with Crippen molar-refractivity contribution in [2.45, 2.75) is 111 Å². The highest BCUT2D eigenvalue weighted by Crippen LogP contribution is 2.47. The Balaban J connectivity index is 0.000000262. The van der Waals surface area contributed by atoms with Crippen LogP contribution in [0, 0.1) is 13.8 Å². The Bertz CT molecular complexity index is 5370. The van der Waals surface area contributed by atoms with E-state index in [1.54, 1.807) is 38.1 Å². The minimum Gasteiger partial charge on any atom is -0.478 e. The molecule has 20 nitrogen and oxygen atoms in total. The Morgan fingerprint density at radius 1 is 0.320 bits per heavy atom. The lowest BCUT2D eigenvalue weighted by molar-refractivity contribution is -0.173. The van der Waals surface area contributed by atoms with Crippen LogP contribution >= 0.6 is 0 Å². The van der Waals surface area contributed by atoms with Gasteiger partial charge in [0.2, 0.25) is 39.3 Å². The molecule has 100 heavy (non-hydrogen) atoms. The molecule has 0 bridgehead atoms. The second-order valence-corrected chi connectivity index (χ2v) is 30.8. The van der Waals surface area contributed by atoms with Gasteiger partial charge in [0.25, 0.3) is 0 Å². The first-order valence-electron chi connectivity index (χ1n) is 29.9. The summed E-state index contributed by atoms with van der Waals surface area (Å²) in [7, 11) is -16.8. The molecule has 0 aliphatic rings. The lowest BCUT2D eigenvalue weighted by Gasteiger charge is -2.34. The Morgan fingerprint density at radius 3 is 0.880 bits per heavy atom. The first-order chi connectivity index (χ1) is 46.8. The SMILES string of the molecule is CCC(=O)c1cc(C(=O)Cc2cccc(S(=O)(=O)c3cccc(S(=O)(=O)c4cccc(C)c4)c3)c2)c(C(=O)O)cc1C(=O)O.CCC(=O)c1cc(C(C)(c2ccc(C(=O)O)c(C(=O)Cc3cccc(S(=O)(=O)c4cccc(S(=O)(=O)c5cccc(C)c5)c4)c3)c2)C(F)(F)F)ccc1C(=O)O. The van der Waals surface area contributed by atoms with Crippen molar-refractivity contribution in [3.63, 3.8) is 0 Å². The van der Waals surface area contributed by atoms with Crippen LogP contribution in [-0.4, -0.2) is 107 Å². The Hall–Kier alpha value is -10.9. The Kier molecular flexibility index (Phi) is 21.9. The highest BCUT2D eigenvalue weighted by molar-refractivity contribution is 7.93. The summed E-state index contributed by atoms with van der Waals surface area (Å²) in [5, 5.41) is 38.6. The zero-order chi connectivity index (χ0) is 73.8. The number of sulfone groups is 4. The number of alkyl halides is 3. The van der Waals surface area contributed by atoms with Crippen LogP contribution in [0.15, 0.2) is 233 Å². The average molecular weight is 1440 g/mol. The fourth-order valence-electron chi connectivity index (χ4n) is 10.8. The molecule has 0 spiro atoms. The van der Waals surface area contributed by atoms with Crippen molar-refractivity contribution in [1.29, 1.82) is 0 Å². The van der Waals surface area contributed by atoms with E-state index in [2.05, 4.69) is 0 Å². The van der Waals surface area contributed by atoms with Crippen LogP contribution in [0.3, 0.4) is 0 Å². The number of aromatic carboxylic acids is 4. The molecule has 0 fully saturated rings. The van der Waals surface area contributed by atoms with Crippen molar-refractivity contribution in [1.82, 2.24) is 0 Å². The number of benzene rings is 9. The van der Waals surface area contributed by atoms with Crippen molar-refractivity contribution in [3.8, 4) is 0 Å². The number of carbonyl (C=O) groups excluding carboxylic acids is 4. The van der Waals surface area contributed by atoms with Crippen molar-refractivity contribution >= 4 is 86.4 Å². The maximum absolute atomic E-state index is 15.1. The highest BCUT2D eigenvalue weighted by Gasteiger charge is 2.54. The fraction of sp³-hybridized carbons (Fsp3) is 0.151. The van der Waals surface area contributed by atoms with Crippen LogP contribution in [0.25, 0.3) is 0 Å². The third kappa shape index (κ3) is 15.5. The number of Topliss-reactive ketones (excluding diaryl/α,β-unsaturated/α-hetero) is 4. The monoisotopic (exact) mass is 1440 g/mol. The highest BCUT2D eigenvalue weighted by atomic mass is 32.2. The summed E-state index contributed by atoms with van der Waals surface area (Å²) in [6.07, 6.45) is -6.54. The van der Waals surface area contributed by atoms with Crippen LogP contribution in [0.1, 0.15) is 150 Å². The third-order valence-electron chi connectivity index (χ3n) is 16.3. The molecule has 27 heteroatoms. The third-order valence-corrected chi connectivity index (χ3v) is 23.3. The molecule has 9 rings (SSSR count). The lowest BCUT2D eigenvalue weighted by atomic mass is 9.73. The molecule has 516 valence electrons. The minimum atomic E-state index is -5.12. The summed E-state index contributed by atoms with van der Waals surface area (Å²) in [6.45, 7) is 7.08. The van der Waals surface area contributed by atoms with Crippen LogP contribution in [0.5, 0.6) is 0 Å². The van der Waals surface area contributed by atoms with E-state index in [9.17, 15) is 92.5 Å². The van der Waals surface area contributed by atoms with E-state index in [0.29, 0.717) is 11.1 Å². The summed E-state index contributed by atoms with van der Waals surface area (Å²) in [5.41, 5.74) is -6.61. The van der Waals surface area contributed by atoms with Crippen molar-refractivity contribution in [3.05, 3.63) is 272 Å². The van der Waals surface area contributed by atoms with Gasteiger partial charge in [0.05, 0.1) is 61.4 Å². The predicted molar refractivity (Wildman–Crippen MR) is 355 cm³/mol. The normalized spacial score (nSPS) is 12.4. The summed E-state index contributed by atoms with van der Waals surface area (Å²) in [6, 6.07) is 39.0. The smallest absolute Gasteiger partial charge is 0.402 e. The van der Waals surface area contributed by atoms with Crippen LogP contribution in [0.4, 0.5) is 13.2 Å². The van der Waals surface area contributed by atoms with E-state index >= 15 is 13.2 Å². The standard InChI is InChI=1S/C41H33F3O10S2.C32H26O10S2/c1-4-36(45)34-21-26(14-16-32(34)38(47)48)40(3,41(42,43)44)27-15-17-33(39(49)50)35(22-27)37(46)20-25-9-6-11-29(19-25)56(53,54)31-13-7-12-30(23-31)55(51,52)28-10-5-8-24(2)18-28;1-3-29(33)25-17-26(28(32(37)38)18-27(25)31(35)36)30(34)15-20-8-5-10-22(14-20)44(41,42)24-12-6-11-23(16-24)43(39,40)21-9-4-7-19(2)13-21/h5-19,21-23H,4,20H2,1-3H3,(H,47,48)(H,49,50);4-14,16-18H,3,15H2,1-2H3,(H,35,36)(H,37,38). The van der Waals surface area contributed by atoms with Crippen LogP contribution < -0.4 is 0 Å². The number of aryl methyl sites for hydroxylation is 2. The maximum Gasteiger partial charge on any atom is 0.402 e. The number of ketones is 4. The van der Waals surface area contributed by atoms with Gasteiger partial charge in [-0.2, -0.15) is 13.2 Å². The quantitative estimate of drug-likeness (QED) is 0.0408. The molecule has 4 N–H and O–H groups in total. The first kappa shape index (κ1) is 74.9. The molecule has 0 aliphatic heterocycles. The van der Waals surface area contributed by atoms with Crippen molar-refractivity contribution in [2.75, 3.05) is 0 Å². The minimum absolute atomic E-state index is 0.00784. The van der Waals surface area contributed by atoms with Gasteiger partial charge in [-0.05, 0) is 175 Å². The number of hydrogen-bond donors (Lipinski definition) is 4. The molecule has 1 unspecified atom stereocenters. The molecular formula is C73H59F3O20S4. The van der Waals surface area contributed by atoms with Crippen LogP contribution in [0.2, 0.25) is 0 Å². The van der Waals surface area contributed by atoms with Gasteiger partial charge < -0.3 is 20.4 Å². The van der Waals surface area contributed by atoms with Gasteiger partial charge in [-0.1, -0.05) is 86.6 Å². The average Bonchev–Trinajstić information content (AvgIpc) is 0.612. The number of carboxylic acids is 4. The molecule has 9 aromatic carbocycles. The topological polar surface area (TPSA) is 354 Å². The zero-order valence-corrected chi connectivity index (χ0v) is 56.7. The van der Waals surface area contributed by atoms with Crippen molar-refractivity contribution in [2.24, 2.45) is 0 Å². The van der Waals surface area contributed by atoms with Gasteiger partial charge in [0.1, 0.15) is 5.41 Å². The Labute approximate surface area is 571 Å². The van der Waals surface area contributed by atoms with Gasteiger partial charge >= 0.3 is 30.1 Å². The fourth-order valence-corrected chi connectivity index (χ4v) is 16.5. The number of rotatable bonds is 24. The Morgan fingerprint density at radius 2 is 0.580 bits per heavy atom. The van der Waals surface area contributed by atoms with E-state index in [4.69, 9.17) is 0 Å². The van der Waals surface area contributed by atoms with E-state index in [1.165, 1.54) is 117 Å². The van der Waals surface area contributed by atoms with E-state index in [-0.39, 0.29) is 68.7 Å². The van der Waals surface area contributed by atoms with Gasteiger partial charge in [0.15, 0.2) is 23.1 Å². The van der Waals surface area contributed by atoms with E-state index < -0.39 is 161 Å². The number of carboxylic acid groups (broad SMARTS) is 4. The van der Waals surface area contributed by atoms with Gasteiger partial charge in [-0.3, -0.25) is 19.2 Å². The molecule has 0 heterocycles. The zero-order valence-electron chi connectivity index (χ0n) is 53.4. The second-order valence-electron chi connectivity index (χ2n) is 23.0. The second kappa shape index (κ2) is 29.3. The van der Waals surface area contributed by atoms with Gasteiger partial charge in [-0.25, -0.2) is 52.8 Å². The first-order valence-corrected chi connectivity index (χ1v) is 35.8. The molecule has 0 radical (unpaired) electrons. The molecule has 0 aromatic heterocycles. The molecule has 1 atom stereocenters. The van der Waals surface area contributed by atoms with E-state index in [1.807, 2.05) is 0 Å². The van der Waals surface area contributed by atoms with Gasteiger partial charge in [-0.15, -0.1) is 0 Å². The molecule has 0 saturated heterocycles. The number of halogens is 3. The molecular weight excluding hydrogens is 1380 g/mol. The molecule has 0 aliphatic carbocycles. The predicted octanol–water partition coefficient (Wildman–Crippen LogP) is 13.0. The van der Waals surface area contributed by atoms with Crippen molar-refractivity contribution < 1.29 is 106 Å². The number of hydrogen-bond acceptors (Lipinski definition) is 16. The molecule has 0 amide bonds. The van der Waals surface area contributed by atoms with E-state index in [0.717, 1.165) is 73.7 Å². The lowest BCUT2D eigenvalue weighted by Crippen LogP contribution is -2.41. The van der Waals surface area contributed by atoms with Gasteiger partial charge in [0, 0.05) is 47.9 Å². The molecule has 0 saturated carbocycles. The maximum atomic E-state index is 15.1.